The molecule has 20 heavy (non-hydrogen) atoms. The number of aliphatic hydroxyl groups is 1. The lowest BCUT2D eigenvalue weighted by molar-refractivity contribution is 0.0701. The predicted molar refractivity (Wildman–Crippen MR) is 72.3 cm³/mol. The molecule has 0 bridgehead atoms. The maximum absolute atomic E-state index is 12.4. The normalized spacial score (nSPS) is 20.1. The maximum atomic E-state index is 12.4. The van der Waals surface area contributed by atoms with Crippen LogP contribution < -0.4 is 5.32 Å². The van der Waals surface area contributed by atoms with Gasteiger partial charge in [-0.2, -0.15) is 0 Å². The van der Waals surface area contributed by atoms with E-state index in [2.05, 4.69) is 15.6 Å². The van der Waals surface area contributed by atoms with Crippen LogP contribution in [0, 0.1) is 0 Å². The molecule has 1 amide bonds. The van der Waals surface area contributed by atoms with E-state index < -0.39 is 0 Å². The number of aromatic nitrogens is 3. The molecule has 0 radical (unpaired) electrons. The highest BCUT2D eigenvalue weighted by Crippen LogP contribution is 2.27. The third kappa shape index (κ3) is 2.83. The summed E-state index contributed by atoms with van der Waals surface area (Å²) in [4.78, 5) is 14.1. The molecule has 2 N–H and O–H groups in total. The van der Waals surface area contributed by atoms with Gasteiger partial charge in [0.1, 0.15) is 0 Å². The molecule has 1 saturated heterocycles. The zero-order chi connectivity index (χ0) is 13.9. The molecule has 0 aromatic carbocycles. The second-order valence-electron chi connectivity index (χ2n) is 5.52. The zero-order valence-corrected chi connectivity index (χ0v) is 11.5. The average molecular weight is 279 g/mol. The number of hydrogen-bond donors (Lipinski definition) is 2. The Kier molecular flexibility index (Phi) is 3.98. The Morgan fingerprint density at radius 2 is 2.15 bits per heavy atom. The monoisotopic (exact) mass is 279 g/mol. The number of hydrogen-bond acceptors (Lipinski definition) is 5. The van der Waals surface area contributed by atoms with Gasteiger partial charge in [0, 0.05) is 12.6 Å². The minimum Gasteiger partial charge on any atom is -0.395 e. The topological polar surface area (TPSA) is 83.3 Å². The Balaban J connectivity index is 1.69. The van der Waals surface area contributed by atoms with Gasteiger partial charge < -0.3 is 15.3 Å². The van der Waals surface area contributed by atoms with E-state index in [4.69, 9.17) is 5.11 Å². The highest BCUT2D eigenvalue weighted by molar-refractivity contribution is 5.92. The summed E-state index contributed by atoms with van der Waals surface area (Å²) in [5.41, 5.74) is 0.392. The molecule has 7 heteroatoms. The van der Waals surface area contributed by atoms with E-state index >= 15 is 0 Å². The molecule has 1 aliphatic carbocycles. The van der Waals surface area contributed by atoms with Gasteiger partial charge in [-0.3, -0.25) is 4.79 Å². The van der Waals surface area contributed by atoms with Crippen molar-refractivity contribution in [1.29, 1.82) is 0 Å². The van der Waals surface area contributed by atoms with E-state index in [0.717, 1.165) is 38.8 Å². The van der Waals surface area contributed by atoms with E-state index in [0.29, 0.717) is 18.3 Å². The van der Waals surface area contributed by atoms with Crippen LogP contribution in [0.4, 0.5) is 0 Å². The van der Waals surface area contributed by atoms with Crippen molar-refractivity contribution in [1.82, 2.24) is 25.2 Å². The van der Waals surface area contributed by atoms with Gasteiger partial charge in [0.15, 0.2) is 5.69 Å². The molecule has 2 fully saturated rings. The SMILES string of the molecule is O=C(c1cn(C2CCNCC2)nn1)N(CCO)C1CC1. The van der Waals surface area contributed by atoms with Crippen molar-refractivity contribution in [3.8, 4) is 0 Å². The van der Waals surface area contributed by atoms with E-state index in [9.17, 15) is 4.79 Å². The average Bonchev–Trinajstić information content (AvgIpc) is 3.21. The molecule has 0 atom stereocenters. The predicted octanol–water partition coefficient (Wildman–Crippen LogP) is -0.200. The standard InChI is InChI=1S/C13H21N5O2/c19-8-7-17(10-1-2-10)13(20)12-9-18(16-15-12)11-3-5-14-6-4-11/h9-11,14,19H,1-8H2. The van der Waals surface area contributed by atoms with Crippen molar-refractivity contribution in [3.05, 3.63) is 11.9 Å². The van der Waals surface area contributed by atoms with E-state index in [1.165, 1.54) is 0 Å². The van der Waals surface area contributed by atoms with Crippen LogP contribution in [0.5, 0.6) is 0 Å². The number of nitrogens with zero attached hydrogens (tertiary/aromatic N) is 4. The minimum atomic E-state index is -0.110. The molecule has 2 heterocycles. The van der Waals surface area contributed by atoms with Gasteiger partial charge in [-0.1, -0.05) is 5.21 Å². The third-order valence-electron chi connectivity index (χ3n) is 4.00. The first-order chi connectivity index (χ1) is 9.79. The molecule has 1 aliphatic heterocycles. The number of rotatable bonds is 5. The van der Waals surface area contributed by atoms with Crippen LogP contribution in [0.3, 0.4) is 0 Å². The minimum absolute atomic E-state index is 0.00925. The van der Waals surface area contributed by atoms with Crippen LogP contribution in [0.25, 0.3) is 0 Å². The van der Waals surface area contributed by atoms with Crippen LogP contribution in [0.2, 0.25) is 0 Å². The second-order valence-corrected chi connectivity index (χ2v) is 5.52. The van der Waals surface area contributed by atoms with Crippen molar-refractivity contribution in [2.24, 2.45) is 0 Å². The van der Waals surface area contributed by atoms with Crippen molar-refractivity contribution in [2.45, 2.75) is 37.8 Å². The van der Waals surface area contributed by atoms with Gasteiger partial charge >= 0.3 is 0 Å². The summed E-state index contributed by atoms with van der Waals surface area (Å²) in [5.74, 6) is -0.110. The summed E-state index contributed by atoms with van der Waals surface area (Å²) in [6.45, 7) is 2.33. The van der Waals surface area contributed by atoms with Gasteiger partial charge in [0.25, 0.3) is 5.91 Å². The van der Waals surface area contributed by atoms with E-state index in [1.807, 2.05) is 4.68 Å². The lowest BCUT2D eigenvalue weighted by Crippen LogP contribution is -2.35. The van der Waals surface area contributed by atoms with Crippen LogP contribution in [0.1, 0.15) is 42.2 Å². The molecule has 0 unspecified atom stereocenters. The van der Waals surface area contributed by atoms with Crippen LogP contribution >= 0.6 is 0 Å². The smallest absolute Gasteiger partial charge is 0.276 e. The second kappa shape index (κ2) is 5.88. The number of nitrogens with one attached hydrogen (secondary N) is 1. The number of carbonyl (C=O) groups excluding carboxylic acids is 1. The summed E-state index contributed by atoms with van der Waals surface area (Å²) in [6.07, 6.45) is 5.83. The number of aliphatic hydroxyl groups excluding tert-OH is 1. The summed E-state index contributed by atoms with van der Waals surface area (Å²) in [7, 11) is 0. The molecular weight excluding hydrogens is 258 g/mol. The van der Waals surface area contributed by atoms with Gasteiger partial charge in [-0.25, -0.2) is 4.68 Å². The van der Waals surface area contributed by atoms with Crippen molar-refractivity contribution >= 4 is 5.91 Å². The molecule has 0 spiro atoms. The molecule has 3 rings (SSSR count). The Bertz CT molecular complexity index is 465. The van der Waals surface area contributed by atoms with Gasteiger partial charge in [0.05, 0.1) is 18.8 Å². The fraction of sp³-hybridized carbons (Fsp3) is 0.769. The number of carbonyl (C=O) groups is 1. The first-order valence-corrected chi connectivity index (χ1v) is 7.34. The van der Waals surface area contributed by atoms with Crippen LogP contribution in [-0.2, 0) is 0 Å². The summed E-state index contributed by atoms with van der Waals surface area (Å²) >= 11 is 0. The van der Waals surface area contributed by atoms with Crippen LogP contribution in [-0.4, -0.2) is 63.2 Å². The number of amides is 1. The van der Waals surface area contributed by atoms with E-state index in [1.54, 1.807) is 11.1 Å². The largest absolute Gasteiger partial charge is 0.395 e. The third-order valence-corrected chi connectivity index (χ3v) is 4.00. The van der Waals surface area contributed by atoms with Gasteiger partial charge in [0.2, 0.25) is 0 Å². The Labute approximate surface area is 117 Å². The molecule has 2 aliphatic rings. The molecule has 1 aromatic rings. The summed E-state index contributed by atoms with van der Waals surface area (Å²) < 4.78 is 1.82. The Morgan fingerprint density at radius 3 is 2.80 bits per heavy atom. The van der Waals surface area contributed by atoms with Crippen molar-refractivity contribution < 1.29 is 9.90 Å². The van der Waals surface area contributed by atoms with Crippen molar-refractivity contribution in [3.63, 3.8) is 0 Å². The zero-order valence-electron chi connectivity index (χ0n) is 11.5. The first-order valence-electron chi connectivity index (χ1n) is 7.34. The van der Waals surface area contributed by atoms with Gasteiger partial charge in [-0.05, 0) is 38.8 Å². The molecule has 110 valence electrons. The Hall–Kier alpha value is -1.47. The Morgan fingerprint density at radius 1 is 1.40 bits per heavy atom. The summed E-state index contributed by atoms with van der Waals surface area (Å²) in [5, 5.41) is 20.5. The maximum Gasteiger partial charge on any atom is 0.276 e. The van der Waals surface area contributed by atoms with Crippen LogP contribution in [0.15, 0.2) is 6.20 Å². The fourth-order valence-electron chi connectivity index (χ4n) is 2.72. The van der Waals surface area contributed by atoms with Gasteiger partial charge in [-0.15, -0.1) is 5.10 Å². The fourth-order valence-corrected chi connectivity index (χ4v) is 2.72. The first kappa shape index (κ1) is 13.5. The quantitative estimate of drug-likeness (QED) is 0.780. The lowest BCUT2D eigenvalue weighted by atomic mass is 10.1. The van der Waals surface area contributed by atoms with Crippen molar-refractivity contribution in [2.75, 3.05) is 26.2 Å². The lowest BCUT2D eigenvalue weighted by Gasteiger charge is -2.22. The number of piperidine rings is 1. The molecule has 7 nitrogen and oxygen atoms in total. The van der Waals surface area contributed by atoms with E-state index in [-0.39, 0.29) is 18.6 Å². The molecule has 1 saturated carbocycles. The molecular formula is C13H21N5O2. The molecule has 1 aromatic heterocycles. The highest BCUT2D eigenvalue weighted by atomic mass is 16.3. The summed E-state index contributed by atoms with van der Waals surface area (Å²) in [6, 6.07) is 0.608. The highest BCUT2D eigenvalue weighted by Gasteiger charge is 2.34.